The molecule has 2 heterocycles. The quantitative estimate of drug-likeness (QED) is 0.812. The molecule has 1 amide bonds. The van der Waals surface area contributed by atoms with Crippen LogP contribution in [0.1, 0.15) is 18.4 Å². The van der Waals surface area contributed by atoms with Crippen molar-refractivity contribution in [1.29, 1.82) is 0 Å². The van der Waals surface area contributed by atoms with Gasteiger partial charge in [0.1, 0.15) is 11.5 Å². The molecule has 1 aromatic carbocycles. The molecule has 6 nitrogen and oxygen atoms in total. The van der Waals surface area contributed by atoms with E-state index in [2.05, 4.69) is 4.90 Å². The van der Waals surface area contributed by atoms with E-state index in [9.17, 15) is 4.79 Å². The Morgan fingerprint density at radius 3 is 2.44 bits per heavy atom. The highest BCUT2D eigenvalue weighted by atomic mass is 16.5. The maximum Gasteiger partial charge on any atom is 0.227 e. The van der Waals surface area contributed by atoms with Crippen LogP contribution in [0.25, 0.3) is 0 Å². The maximum atomic E-state index is 12.8. The van der Waals surface area contributed by atoms with Gasteiger partial charge in [-0.25, -0.2) is 0 Å². The van der Waals surface area contributed by atoms with Crippen LogP contribution in [0.4, 0.5) is 0 Å². The van der Waals surface area contributed by atoms with Gasteiger partial charge in [-0.15, -0.1) is 0 Å². The van der Waals surface area contributed by atoms with Crippen LogP contribution >= 0.6 is 0 Å². The van der Waals surface area contributed by atoms with E-state index >= 15 is 0 Å². The van der Waals surface area contributed by atoms with Gasteiger partial charge in [0.25, 0.3) is 0 Å². The number of amides is 1. The SMILES string of the molecule is COc1cc(CN2CCCC(C(=O)N3CCOCC3)C2)cc(OC)c1. The molecule has 1 atom stereocenters. The first-order valence-corrected chi connectivity index (χ1v) is 9.00. The summed E-state index contributed by atoms with van der Waals surface area (Å²) in [6.07, 6.45) is 2.04. The zero-order valence-corrected chi connectivity index (χ0v) is 15.2. The summed E-state index contributed by atoms with van der Waals surface area (Å²) in [4.78, 5) is 17.1. The summed E-state index contributed by atoms with van der Waals surface area (Å²) >= 11 is 0. The lowest BCUT2D eigenvalue weighted by molar-refractivity contribution is -0.141. The Bertz CT molecular complexity index is 565. The molecule has 1 aromatic rings. The summed E-state index contributed by atoms with van der Waals surface area (Å²) in [5, 5.41) is 0. The summed E-state index contributed by atoms with van der Waals surface area (Å²) in [6.45, 7) is 5.41. The number of likely N-dealkylation sites (tertiary alicyclic amines) is 1. The smallest absolute Gasteiger partial charge is 0.227 e. The van der Waals surface area contributed by atoms with Crippen molar-refractivity contribution in [2.24, 2.45) is 5.92 Å². The molecule has 6 heteroatoms. The first-order chi connectivity index (χ1) is 12.2. The highest BCUT2D eigenvalue weighted by Gasteiger charge is 2.30. The van der Waals surface area contributed by atoms with Gasteiger partial charge in [-0.2, -0.15) is 0 Å². The van der Waals surface area contributed by atoms with Gasteiger partial charge in [-0.1, -0.05) is 0 Å². The van der Waals surface area contributed by atoms with Crippen LogP contribution in [-0.2, 0) is 16.1 Å². The monoisotopic (exact) mass is 348 g/mol. The Morgan fingerprint density at radius 2 is 1.80 bits per heavy atom. The number of nitrogens with zero attached hydrogens (tertiary/aromatic N) is 2. The fourth-order valence-corrected chi connectivity index (χ4v) is 3.66. The molecule has 25 heavy (non-hydrogen) atoms. The van der Waals surface area contributed by atoms with Crippen molar-refractivity contribution >= 4 is 5.91 Å². The molecule has 138 valence electrons. The molecular weight excluding hydrogens is 320 g/mol. The molecule has 0 radical (unpaired) electrons. The van der Waals surface area contributed by atoms with E-state index in [4.69, 9.17) is 14.2 Å². The van der Waals surface area contributed by atoms with Crippen LogP contribution in [-0.4, -0.2) is 69.3 Å². The number of methoxy groups -OCH3 is 2. The van der Waals surface area contributed by atoms with Gasteiger partial charge in [0.15, 0.2) is 0 Å². The summed E-state index contributed by atoms with van der Waals surface area (Å²) < 4.78 is 16.1. The van der Waals surface area contributed by atoms with Gasteiger partial charge < -0.3 is 19.1 Å². The van der Waals surface area contributed by atoms with E-state index in [1.807, 2.05) is 23.1 Å². The molecule has 2 aliphatic rings. The number of hydrogen-bond acceptors (Lipinski definition) is 5. The number of piperidine rings is 1. The summed E-state index contributed by atoms with van der Waals surface area (Å²) in [7, 11) is 3.33. The van der Waals surface area contributed by atoms with Gasteiger partial charge >= 0.3 is 0 Å². The van der Waals surface area contributed by atoms with Gasteiger partial charge in [0.2, 0.25) is 5.91 Å². The van der Waals surface area contributed by atoms with Crippen molar-refractivity contribution in [1.82, 2.24) is 9.80 Å². The van der Waals surface area contributed by atoms with E-state index in [1.165, 1.54) is 0 Å². The summed E-state index contributed by atoms with van der Waals surface area (Å²) in [5.74, 6) is 1.98. The molecule has 0 spiro atoms. The first kappa shape index (κ1) is 18.0. The number of ether oxygens (including phenoxy) is 3. The average Bonchev–Trinajstić information content (AvgIpc) is 2.68. The van der Waals surface area contributed by atoms with Gasteiger partial charge in [0.05, 0.1) is 33.4 Å². The fourth-order valence-electron chi connectivity index (χ4n) is 3.66. The molecule has 0 aliphatic carbocycles. The van der Waals surface area contributed by atoms with Crippen LogP contribution in [0.3, 0.4) is 0 Å². The minimum absolute atomic E-state index is 0.0966. The van der Waals surface area contributed by atoms with Crippen molar-refractivity contribution in [2.75, 3.05) is 53.6 Å². The second-order valence-electron chi connectivity index (χ2n) is 6.73. The molecule has 2 saturated heterocycles. The van der Waals surface area contributed by atoms with Crippen molar-refractivity contribution in [3.63, 3.8) is 0 Å². The second kappa shape index (κ2) is 8.54. The van der Waals surface area contributed by atoms with E-state index in [1.54, 1.807) is 14.2 Å². The molecule has 2 fully saturated rings. The Hall–Kier alpha value is -1.79. The van der Waals surface area contributed by atoms with Crippen LogP contribution in [0.2, 0.25) is 0 Å². The topological polar surface area (TPSA) is 51.2 Å². The Labute approximate surface area is 149 Å². The van der Waals surface area contributed by atoms with Gasteiger partial charge in [-0.05, 0) is 37.1 Å². The Morgan fingerprint density at radius 1 is 1.12 bits per heavy atom. The van der Waals surface area contributed by atoms with E-state index in [-0.39, 0.29) is 11.8 Å². The second-order valence-corrected chi connectivity index (χ2v) is 6.73. The van der Waals surface area contributed by atoms with Crippen molar-refractivity contribution in [3.8, 4) is 11.5 Å². The number of carbonyl (C=O) groups is 1. The van der Waals surface area contributed by atoms with Crippen LogP contribution in [0.5, 0.6) is 11.5 Å². The molecule has 3 rings (SSSR count). The molecular formula is C19H28N2O4. The summed E-state index contributed by atoms with van der Waals surface area (Å²) in [6, 6.07) is 5.95. The predicted molar refractivity (Wildman–Crippen MR) is 94.9 cm³/mol. The predicted octanol–water partition coefficient (Wildman–Crippen LogP) is 1.77. The molecule has 2 aliphatic heterocycles. The molecule has 1 unspecified atom stereocenters. The summed E-state index contributed by atoms with van der Waals surface area (Å²) in [5.41, 5.74) is 1.15. The van der Waals surface area contributed by atoms with Gasteiger partial charge in [-0.3, -0.25) is 9.69 Å². The maximum absolute atomic E-state index is 12.8. The largest absolute Gasteiger partial charge is 0.497 e. The minimum Gasteiger partial charge on any atom is -0.497 e. The zero-order chi connectivity index (χ0) is 17.6. The number of carbonyl (C=O) groups excluding carboxylic acids is 1. The standard InChI is InChI=1S/C19H28N2O4/c1-23-17-10-15(11-18(12-17)24-2)13-20-5-3-4-16(14-20)19(22)21-6-8-25-9-7-21/h10-12,16H,3-9,13-14H2,1-2H3. The highest BCUT2D eigenvalue weighted by molar-refractivity contribution is 5.79. The van der Waals surface area contributed by atoms with Crippen LogP contribution in [0, 0.1) is 5.92 Å². The Balaban J connectivity index is 1.62. The molecule has 0 bridgehead atoms. The van der Waals surface area contributed by atoms with E-state index in [0.717, 1.165) is 62.6 Å². The van der Waals surface area contributed by atoms with E-state index < -0.39 is 0 Å². The Kier molecular flexibility index (Phi) is 6.15. The van der Waals surface area contributed by atoms with Crippen molar-refractivity contribution in [3.05, 3.63) is 23.8 Å². The third kappa shape index (κ3) is 4.64. The third-order valence-electron chi connectivity index (χ3n) is 4.99. The zero-order valence-electron chi connectivity index (χ0n) is 15.2. The molecule has 0 aromatic heterocycles. The van der Waals surface area contributed by atoms with Gasteiger partial charge in [0, 0.05) is 32.2 Å². The first-order valence-electron chi connectivity index (χ1n) is 9.00. The lowest BCUT2D eigenvalue weighted by Gasteiger charge is -2.36. The third-order valence-corrected chi connectivity index (χ3v) is 4.99. The average molecular weight is 348 g/mol. The minimum atomic E-state index is 0.0966. The molecule has 0 saturated carbocycles. The molecule has 0 N–H and O–H groups in total. The van der Waals surface area contributed by atoms with E-state index in [0.29, 0.717) is 13.2 Å². The normalized spacial score (nSPS) is 21.8. The van der Waals surface area contributed by atoms with Crippen molar-refractivity contribution in [2.45, 2.75) is 19.4 Å². The number of rotatable bonds is 5. The fraction of sp³-hybridized carbons (Fsp3) is 0.632. The number of morpholine rings is 1. The van der Waals surface area contributed by atoms with Crippen molar-refractivity contribution < 1.29 is 19.0 Å². The lowest BCUT2D eigenvalue weighted by Crippen LogP contribution is -2.48. The highest BCUT2D eigenvalue weighted by Crippen LogP contribution is 2.26. The number of hydrogen-bond donors (Lipinski definition) is 0. The van der Waals surface area contributed by atoms with Crippen LogP contribution < -0.4 is 9.47 Å². The van der Waals surface area contributed by atoms with Crippen LogP contribution in [0.15, 0.2) is 18.2 Å². The number of benzene rings is 1. The lowest BCUT2D eigenvalue weighted by atomic mass is 9.96.